The van der Waals surface area contributed by atoms with E-state index in [2.05, 4.69) is 52.2 Å². The lowest BCUT2D eigenvalue weighted by Crippen LogP contribution is -2.68. The molecule has 2 heterocycles. The van der Waals surface area contributed by atoms with Gasteiger partial charge in [0.05, 0.1) is 51.1 Å². The zero-order valence-electron chi connectivity index (χ0n) is 85.8. The average Bonchev–Trinajstić information content (AvgIpc) is 0.779. The number of ether oxygens (including phenoxy) is 7. The molecular formula is C111H217N2O22P. The molecular weight excluding hydrogens is 1740 g/mol. The lowest BCUT2D eigenvalue weighted by molar-refractivity contribution is -0.298. The minimum absolute atomic E-state index is 0. The largest absolute Gasteiger partial charge is 0.470 e. The Hall–Kier alpha value is -3.39. The molecule has 0 bridgehead atoms. The molecule has 2 aliphatic heterocycles. The van der Waals surface area contributed by atoms with Crippen LogP contribution in [0.1, 0.15) is 577 Å². The fraction of sp³-hybridized carbons (Fsp3) is 0.946. The minimum Gasteiger partial charge on any atom is -0.462 e. The van der Waals surface area contributed by atoms with Crippen LogP contribution in [0.25, 0.3) is 0 Å². The van der Waals surface area contributed by atoms with Gasteiger partial charge >= 0.3 is 31.7 Å². The molecule has 2 saturated heterocycles. The molecule has 0 aromatic rings. The molecule has 2 rings (SSSR count). The van der Waals surface area contributed by atoms with Crippen molar-refractivity contribution in [2.75, 3.05) is 13.2 Å². The van der Waals surface area contributed by atoms with E-state index >= 15 is 9.59 Å². The number of hydrogen-bond acceptors (Lipinski definition) is 20. The highest BCUT2D eigenvalue weighted by atomic mass is 31.2. The van der Waals surface area contributed by atoms with Crippen LogP contribution in [-0.4, -0.2) is 170 Å². The number of carbonyl (C=O) groups is 6. The molecule has 2 amide bonds. The monoisotopic (exact) mass is 1960 g/mol. The Morgan fingerprint density at radius 1 is 0.316 bits per heavy atom. The predicted octanol–water partition coefficient (Wildman–Crippen LogP) is 27.9. The zero-order chi connectivity index (χ0) is 97.1. The Morgan fingerprint density at radius 2 is 0.588 bits per heavy atom. The molecule has 0 saturated carbocycles. The Morgan fingerprint density at radius 3 is 0.912 bits per heavy atom. The number of hydrogen-bond donors (Lipinski definition) is 9. The molecule has 5 unspecified atom stereocenters. The highest BCUT2D eigenvalue weighted by Gasteiger charge is 2.54. The van der Waals surface area contributed by atoms with Gasteiger partial charge < -0.3 is 79.1 Å². The fourth-order valence-corrected chi connectivity index (χ4v) is 19.4. The quantitative estimate of drug-likeness (QED) is 0.0118. The zero-order valence-corrected chi connectivity index (χ0v) is 86.7. The van der Waals surface area contributed by atoms with Crippen molar-refractivity contribution in [1.82, 2.24) is 10.6 Å². The van der Waals surface area contributed by atoms with Gasteiger partial charge in [-0.2, -0.15) is 0 Å². The van der Waals surface area contributed by atoms with E-state index in [0.717, 1.165) is 167 Å². The van der Waals surface area contributed by atoms with Crippen LogP contribution in [0.2, 0.25) is 0 Å². The van der Waals surface area contributed by atoms with Gasteiger partial charge in [-0.15, -0.1) is 0 Å². The van der Waals surface area contributed by atoms with E-state index in [4.69, 9.17) is 37.7 Å². The first kappa shape index (κ1) is 135. The molecule has 14 atom stereocenters. The third kappa shape index (κ3) is 75.4. The molecule has 0 aromatic heterocycles. The lowest BCUT2D eigenvalue weighted by Gasteiger charge is -2.46. The van der Waals surface area contributed by atoms with Crippen molar-refractivity contribution >= 4 is 43.5 Å². The normalized spacial score (nSPS) is 19.2. The molecule has 808 valence electrons. The topological polar surface area (TPSA) is 359 Å². The van der Waals surface area contributed by atoms with Crippen LogP contribution >= 0.6 is 7.82 Å². The predicted molar refractivity (Wildman–Crippen MR) is 554 cm³/mol. The van der Waals surface area contributed by atoms with Gasteiger partial charge in [0.1, 0.15) is 48.7 Å². The van der Waals surface area contributed by atoms with Crippen molar-refractivity contribution in [3.05, 3.63) is 0 Å². The van der Waals surface area contributed by atoms with Crippen LogP contribution in [0.15, 0.2) is 0 Å². The number of unbranched alkanes of at least 4 members (excludes halogenated alkanes) is 64. The van der Waals surface area contributed by atoms with Crippen LogP contribution in [0.5, 0.6) is 0 Å². The molecule has 2 aliphatic rings. The van der Waals surface area contributed by atoms with Crippen molar-refractivity contribution in [1.29, 1.82) is 0 Å². The Bertz CT molecular complexity index is 2770. The summed E-state index contributed by atoms with van der Waals surface area (Å²) in [7, 11) is -5.63. The maximum Gasteiger partial charge on any atom is 0.470 e. The summed E-state index contributed by atoms with van der Waals surface area (Å²) >= 11 is 0. The van der Waals surface area contributed by atoms with Gasteiger partial charge in [-0.25, -0.2) is 4.57 Å². The summed E-state index contributed by atoms with van der Waals surface area (Å²) in [5.41, 5.74) is 0. The van der Waals surface area contributed by atoms with Crippen LogP contribution in [0.3, 0.4) is 0 Å². The van der Waals surface area contributed by atoms with E-state index in [0.29, 0.717) is 51.4 Å². The Kier molecular flexibility index (Phi) is 93.0. The van der Waals surface area contributed by atoms with Gasteiger partial charge in [-0.05, 0) is 51.4 Å². The molecule has 2 fully saturated rings. The summed E-state index contributed by atoms with van der Waals surface area (Å²) < 4.78 is 62.4. The molecule has 0 aliphatic carbocycles. The van der Waals surface area contributed by atoms with E-state index in [1.165, 1.54) is 244 Å². The molecule has 9 N–H and O–H groups in total. The second-order valence-corrected chi connectivity index (χ2v) is 41.1. The summed E-state index contributed by atoms with van der Waals surface area (Å²) in [5, 5.41) is 63.8. The minimum atomic E-state index is -5.63. The summed E-state index contributed by atoms with van der Waals surface area (Å²) in [6.07, 6.45) is 56.6. The van der Waals surface area contributed by atoms with Crippen LogP contribution < -0.4 is 10.6 Å². The molecule has 0 radical (unpaired) electrons. The van der Waals surface area contributed by atoms with Gasteiger partial charge in [-0.1, -0.05) is 488 Å². The van der Waals surface area contributed by atoms with Gasteiger partial charge in [-0.3, -0.25) is 33.3 Å². The first-order chi connectivity index (χ1) is 64.6. The molecule has 0 spiro atoms. The number of amides is 2. The third-order valence-electron chi connectivity index (χ3n) is 27.1. The number of aliphatic hydroxyl groups is 5. The van der Waals surface area contributed by atoms with Crippen molar-refractivity contribution in [2.45, 2.75) is 663 Å². The smallest absolute Gasteiger partial charge is 0.462 e. The molecule has 136 heavy (non-hydrogen) atoms. The number of rotatable bonds is 96. The van der Waals surface area contributed by atoms with Gasteiger partial charge in [0.2, 0.25) is 11.8 Å². The number of phosphoric acid groups is 1. The van der Waals surface area contributed by atoms with Crippen LogP contribution in [0, 0.1) is 0 Å². The summed E-state index contributed by atoms with van der Waals surface area (Å²) in [6.45, 7) is 11.4. The highest BCUT2D eigenvalue weighted by molar-refractivity contribution is 7.46. The number of carbonyl (C=O) groups excluding carboxylic acids is 6. The molecule has 24 nitrogen and oxygen atoms in total. The van der Waals surface area contributed by atoms with Crippen molar-refractivity contribution < 1.29 is 106 Å². The maximum absolute atomic E-state index is 15.3. The molecule has 0 aromatic carbocycles. The number of nitrogens with one attached hydrogen (secondary N) is 2. The lowest BCUT2D eigenvalue weighted by atomic mass is 9.95. The van der Waals surface area contributed by atoms with E-state index in [-0.39, 0.29) is 48.0 Å². The van der Waals surface area contributed by atoms with Crippen molar-refractivity contribution in [3.8, 4) is 0 Å². The first-order valence-electron chi connectivity index (χ1n) is 56.0. The summed E-state index contributed by atoms with van der Waals surface area (Å²) in [4.78, 5) is 108. The second-order valence-electron chi connectivity index (χ2n) is 39.9. The average molecular weight is 1960 g/mol. The van der Waals surface area contributed by atoms with Crippen LogP contribution in [-0.2, 0) is 71.0 Å². The maximum atomic E-state index is 15.3. The third-order valence-corrected chi connectivity index (χ3v) is 27.6. The van der Waals surface area contributed by atoms with E-state index in [9.17, 15) is 59.1 Å². The second kappa shape index (κ2) is 93.9. The van der Waals surface area contributed by atoms with Gasteiger partial charge in [0.25, 0.3) is 0 Å². The Balaban J connectivity index is 0. The molecule has 25 heteroatoms. The van der Waals surface area contributed by atoms with Crippen LogP contribution in [0.4, 0.5) is 0 Å². The van der Waals surface area contributed by atoms with Crippen molar-refractivity contribution in [2.24, 2.45) is 0 Å². The Labute approximate surface area is 832 Å². The van der Waals surface area contributed by atoms with Gasteiger partial charge in [0.15, 0.2) is 24.8 Å². The summed E-state index contributed by atoms with van der Waals surface area (Å²) in [5.74, 6) is -4.52. The SMILES string of the molecule is C.C.C.CCCCCCCCCCCCCCCC(=O)O[C@H](CCCCCCCCCCCCC)CC(=O)NC1[C@H](OCC2OC(O)C(NC(=O)C[C@H](O)CCCCCCCCCCCCC)[C@@H](OC(=O)C[C@H](O)CCCCCCCCCCCCC)[C@@H]2O)OC(CO)[C@@H](OP(=O)(O)O)[C@@H]1OC(=O)C[C@@H](CCCCCCCCCCCCC)OC(=O)CCCCCCCCCCCCCCC. The number of esters is 4. The highest BCUT2D eigenvalue weighted by Crippen LogP contribution is 2.43. The fourth-order valence-electron chi connectivity index (χ4n) is 18.8. The first-order valence-corrected chi connectivity index (χ1v) is 57.5. The summed E-state index contributed by atoms with van der Waals surface area (Å²) in [6, 6.07) is -3.47. The van der Waals surface area contributed by atoms with E-state index in [1.54, 1.807) is 0 Å². The van der Waals surface area contributed by atoms with E-state index in [1.807, 2.05) is 0 Å². The van der Waals surface area contributed by atoms with Crippen molar-refractivity contribution in [3.63, 3.8) is 0 Å². The number of aliphatic hydroxyl groups excluding tert-OH is 5. The standard InChI is InChI=1S/C108H205N2O22P.3CH4/c1-7-13-19-25-31-37-43-45-51-57-63-69-75-81-97(116)126-91(79-73-67-61-55-49-41-35-29-23-17-11-5)85-96(115)110-102-106(131-100(119)86-92(80-74-68-62-56-50-42-36-30-24-18-12-6)127-98(117)82-76-70-64-58-52-46-44-38-32-26-20-14-8-2)104(132-133(122,123)124)93(87-111)129-108(102)125-88-94-103(120)105(130-99(118)84-90(113)78-72-66-60-54-48-40-34-28-22-16-10-4)101(107(121)128-94)109-95(114)83-89(112)77-71-65-59-53-47-39-33-27-21-15-9-3;;;/h89-94,101-108,111-113,120-121H,7-88H2,1-6H3,(H,109,114)(H,110,115)(H2,122,123,124);3*1H4/t89-,90-,91-,92-,93?,94?,101?,102?,103-,104-,105-,106-,107?,108-;;;/m1.../s1. The number of phosphoric ester groups is 1. The van der Waals surface area contributed by atoms with E-state index < -0.39 is 168 Å². The van der Waals surface area contributed by atoms with Gasteiger partial charge in [0, 0.05) is 12.8 Å².